The molecule has 0 spiro atoms. The van der Waals surface area contributed by atoms with E-state index in [0.717, 1.165) is 15.4 Å². The summed E-state index contributed by atoms with van der Waals surface area (Å²) in [6.07, 6.45) is 0.187. The molecule has 1 N–H and O–H groups in total. The molecule has 0 saturated carbocycles. The number of anilines is 1. The molecular formula is C36H38Cl3N3O4S. The van der Waals surface area contributed by atoms with Gasteiger partial charge in [-0.2, -0.15) is 0 Å². The van der Waals surface area contributed by atoms with Crippen LogP contribution < -0.4 is 9.62 Å². The summed E-state index contributed by atoms with van der Waals surface area (Å²) >= 11 is 19.0. The van der Waals surface area contributed by atoms with Crippen molar-refractivity contribution in [2.45, 2.75) is 51.6 Å². The lowest BCUT2D eigenvalue weighted by atomic mass is 10.0. The average molecular weight is 715 g/mol. The van der Waals surface area contributed by atoms with Gasteiger partial charge in [0.25, 0.3) is 10.0 Å². The van der Waals surface area contributed by atoms with Crippen molar-refractivity contribution in [3.05, 3.63) is 128 Å². The average Bonchev–Trinajstić information content (AvgIpc) is 3.02. The van der Waals surface area contributed by atoms with E-state index in [0.29, 0.717) is 32.7 Å². The van der Waals surface area contributed by atoms with Crippen molar-refractivity contribution in [1.82, 2.24) is 10.2 Å². The molecule has 4 rings (SSSR count). The van der Waals surface area contributed by atoms with Gasteiger partial charge < -0.3 is 10.2 Å². The van der Waals surface area contributed by atoms with E-state index in [1.54, 1.807) is 55.5 Å². The number of nitrogens with one attached hydrogen (secondary N) is 1. The van der Waals surface area contributed by atoms with E-state index >= 15 is 0 Å². The van der Waals surface area contributed by atoms with Gasteiger partial charge in [0.1, 0.15) is 12.6 Å². The topological polar surface area (TPSA) is 86.8 Å². The molecule has 0 bridgehead atoms. The second-order valence-electron chi connectivity index (χ2n) is 11.9. The van der Waals surface area contributed by atoms with Crippen molar-refractivity contribution in [2.24, 2.45) is 5.92 Å². The Bertz CT molecular complexity index is 1820. The molecule has 248 valence electrons. The highest BCUT2D eigenvalue weighted by Gasteiger charge is 2.35. The van der Waals surface area contributed by atoms with Crippen LogP contribution in [0.3, 0.4) is 0 Å². The summed E-state index contributed by atoms with van der Waals surface area (Å²) < 4.78 is 29.6. The van der Waals surface area contributed by atoms with Crippen LogP contribution in [0.4, 0.5) is 5.69 Å². The van der Waals surface area contributed by atoms with E-state index in [-0.39, 0.29) is 35.4 Å². The fourth-order valence-electron chi connectivity index (χ4n) is 5.06. The number of nitrogens with zero attached hydrogens (tertiary/aromatic N) is 2. The van der Waals surface area contributed by atoms with Gasteiger partial charge >= 0.3 is 0 Å². The second-order valence-corrected chi connectivity index (χ2v) is 15.0. The molecule has 47 heavy (non-hydrogen) atoms. The number of aryl methyl sites for hydroxylation is 2. The molecule has 0 unspecified atom stereocenters. The van der Waals surface area contributed by atoms with Gasteiger partial charge in [0.2, 0.25) is 11.8 Å². The third-order valence-corrected chi connectivity index (χ3v) is 10.2. The molecule has 4 aromatic rings. The Hall–Kier alpha value is -3.56. The quantitative estimate of drug-likeness (QED) is 0.153. The third-order valence-electron chi connectivity index (χ3n) is 7.63. The van der Waals surface area contributed by atoms with Crippen molar-refractivity contribution in [3.63, 3.8) is 0 Å². The van der Waals surface area contributed by atoms with Crippen LogP contribution in [0.1, 0.15) is 36.1 Å². The lowest BCUT2D eigenvalue weighted by Crippen LogP contribution is -2.53. The van der Waals surface area contributed by atoms with Crippen molar-refractivity contribution in [2.75, 3.05) is 17.4 Å². The maximum Gasteiger partial charge on any atom is 0.264 e. The number of carbonyl (C=O) groups is 2. The van der Waals surface area contributed by atoms with Gasteiger partial charge in [0.15, 0.2) is 0 Å². The van der Waals surface area contributed by atoms with Gasteiger partial charge in [-0.25, -0.2) is 8.42 Å². The maximum absolute atomic E-state index is 14.6. The molecule has 0 aliphatic carbocycles. The number of sulfonamides is 1. The molecule has 0 aliphatic heterocycles. The van der Waals surface area contributed by atoms with Gasteiger partial charge in [-0.15, -0.1) is 0 Å². The highest BCUT2D eigenvalue weighted by molar-refractivity contribution is 7.92. The van der Waals surface area contributed by atoms with Crippen molar-refractivity contribution < 1.29 is 18.0 Å². The van der Waals surface area contributed by atoms with Gasteiger partial charge in [0, 0.05) is 34.6 Å². The molecule has 0 aromatic heterocycles. The Balaban J connectivity index is 1.84. The van der Waals surface area contributed by atoms with E-state index in [9.17, 15) is 18.0 Å². The molecule has 0 saturated heterocycles. The van der Waals surface area contributed by atoms with Gasteiger partial charge in [-0.05, 0) is 78.9 Å². The molecular weight excluding hydrogens is 677 g/mol. The zero-order valence-corrected chi connectivity index (χ0v) is 29.8. The summed E-state index contributed by atoms with van der Waals surface area (Å²) in [6, 6.07) is 24.5. The third kappa shape index (κ3) is 9.51. The van der Waals surface area contributed by atoms with Gasteiger partial charge in [-0.3, -0.25) is 13.9 Å². The minimum atomic E-state index is -4.25. The second kappa shape index (κ2) is 16.0. The van der Waals surface area contributed by atoms with E-state index < -0.39 is 28.5 Å². The summed E-state index contributed by atoms with van der Waals surface area (Å²) in [7, 11) is -4.25. The number of benzene rings is 4. The summed E-state index contributed by atoms with van der Waals surface area (Å²) in [5, 5.41) is 4.13. The number of halogens is 3. The Morgan fingerprint density at radius 3 is 2.09 bits per heavy atom. The van der Waals surface area contributed by atoms with E-state index in [1.165, 1.54) is 17.0 Å². The van der Waals surface area contributed by atoms with Gasteiger partial charge in [0.05, 0.1) is 10.6 Å². The maximum atomic E-state index is 14.6. The fourth-order valence-corrected chi connectivity index (χ4v) is 7.23. The Kier molecular flexibility index (Phi) is 12.4. The van der Waals surface area contributed by atoms with Crippen LogP contribution in [0.15, 0.2) is 95.9 Å². The SMILES string of the molecule is Cc1ccc(S(=O)(=O)N(CC(=O)N(Cc2ccc(Cl)cc2Cl)[C@@H](Cc2ccccc2)C(=O)NCC(C)C)c2ccc(Cl)cc2C)cc1. The van der Waals surface area contributed by atoms with Crippen LogP contribution >= 0.6 is 34.8 Å². The normalized spacial score (nSPS) is 12.1. The van der Waals surface area contributed by atoms with Crippen molar-refractivity contribution >= 4 is 62.3 Å². The predicted molar refractivity (Wildman–Crippen MR) is 191 cm³/mol. The molecule has 4 aromatic carbocycles. The van der Waals surface area contributed by atoms with Crippen LogP contribution in [0.2, 0.25) is 15.1 Å². The molecule has 2 amide bonds. The lowest BCUT2D eigenvalue weighted by molar-refractivity contribution is -0.140. The van der Waals surface area contributed by atoms with Crippen LogP contribution in [-0.4, -0.2) is 44.3 Å². The minimum Gasteiger partial charge on any atom is -0.354 e. The Morgan fingerprint density at radius 1 is 0.830 bits per heavy atom. The standard InChI is InChI=1S/C36H38Cl3N3O4S/c1-24(2)21-40-36(44)34(19-27-8-6-5-7-9-27)41(22-28-12-13-30(38)20-32(28)39)35(43)23-42(33-17-14-29(37)18-26(33)4)47(45,46)31-15-10-25(3)11-16-31/h5-18,20,24,34H,19,21-23H2,1-4H3,(H,40,44)/t34-/m0/s1. The van der Waals surface area contributed by atoms with E-state index in [1.807, 2.05) is 51.1 Å². The predicted octanol–water partition coefficient (Wildman–Crippen LogP) is 7.87. The first kappa shape index (κ1) is 36.3. The summed E-state index contributed by atoms with van der Waals surface area (Å²) in [6.45, 7) is 7.28. The summed E-state index contributed by atoms with van der Waals surface area (Å²) in [4.78, 5) is 30.0. The molecule has 1 atom stereocenters. The zero-order valence-electron chi connectivity index (χ0n) is 26.7. The first-order valence-corrected chi connectivity index (χ1v) is 17.7. The fraction of sp³-hybridized carbons (Fsp3) is 0.278. The number of amides is 2. The molecule has 0 aliphatic rings. The number of hydrogen-bond acceptors (Lipinski definition) is 4. The first-order chi connectivity index (χ1) is 22.3. The smallest absolute Gasteiger partial charge is 0.264 e. The molecule has 0 radical (unpaired) electrons. The molecule has 7 nitrogen and oxygen atoms in total. The van der Waals surface area contributed by atoms with Crippen LogP contribution in [0.5, 0.6) is 0 Å². The van der Waals surface area contributed by atoms with E-state index in [4.69, 9.17) is 34.8 Å². The summed E-state index contributed by atoms with van der Waals surface area (Å²) in [5.41, 5.74) is 3.11. The Labute approximate surface area is 292 Å². The molecule has 11 heteroatoms. The van der Waals surface area contributed by atoms with Crippen molar-refractivity contribution in [3.8, 4) is 0 Å². The van der Waals surface area contributed by atoms with Crippen molar-refractivity contribution in [1.29, 1.82) is 0 Å². The monoisotopic (exact) mass is 713 g/mol. The van der Waals surface area contributed by atoms with E-state index in [2.05, 4.69) is 5.32 Å². The van der Waals surface area contributed by atoms with Crippen LogP contribution in [0.25, 0.3) is 0 Å². The van der Waals surface area contributed by atoms with Crippen LogP contribution in [0, 0.1) is 19.8 Å². The van der Waals surface area contributed by atoms with Crippen LogP contribution in [-0.2, 0) is 32.6 Å². The summed E-state index contributed by atoms with van der Waals surface area (Å²) in [5.74, 6) is -0.799. The highest BCUT2D eigenvalue weighted by Crippen LogP contribution is 2.30. The molecule has 0 fully saturated rings. The zero-order chi connectivity index (χ0) is 34.3. The lowest BCUT2D eigenvalue weighted by Gasteiger charge is -2.34. The number of rotatable bonds is 13. The first-order valence-electron chi connectivity index (χ1n) is 15.2. The highest BCUT2D eigenvalue weighted by atomic mass is 35.5. The number of hydrogen-bond donors (Lipinski definition) is 1. The number of carbonyl (C=O) groups excluding carboxylic acids is 2. The Morgan fingerprint density at radius 2 is 1.47 bits per heavy atom. The molecule has 0 heterocycles. The van der Waals surface area contributed by atoms with Gasteiger partial charge in [-0.1, -0.05) is 103 Å². The largest absolute Gasteiger partial charge is 0.354 e. The minimum absolute atomic E-state index is 0.0213.